The van der Waals surface area contributed by atoms with Gasteiger partial charge < -0.3 is 0 Å². The highest BCUT2D eigenvalue weighted by atomic mass is 32.1. The van der Waals surface area contributed by atoms with E-state index in [4.69, 9.17) is 9.97 Å². The molecule has 12 rings (SSSR count). The normalized spacial score (nSPS) is 12.1. The van der Waals surface area contributed by atoms with E-state index in [9.17, 15) is 0 Å². The number of hydrogen-bond acceptors (Lipinski definition) is 3. The van der Waals surface area contributed by atoms with Crippen molar-refractivity contribution in [2.45, 2.75) is 0 Å². The minimum Gasteiger partial charge on any atom is -0.294 e. The molecule has 4 aromatic heterocycles. The first-order chi connectivity index (χ1) is 28.8. The first kappa shape index (κ1) is 33.1. The quantitative estimate of drug-likeness (QED) is 0.125. The van der Waals surface area contributed by atoms with Gasteiger partial charge in [0.2, 0.25) is 8.07 Å². The van der Waals surface area contributed by atoms with E-state index in [1.807, 2.05) is 11.3 Å². The van der Waals surface area contributed by atoms with Crippen LogP contribution in [0.2, 0.25) is 0 Å². The Morgan fingerprint density at radius 2 is 0.724 bits per heavy atom. The van der Waals surface area contributed by atoms with E-state index in [2.05, 4.69) is 215 Å². The van der Waals surface area contributed by atoms with Gasteiger partial charge in [-0.2, -0.15) is 0 Å². The van der Waals surface area contributed by atoms with Crippen LogP contribution in [0.15, 0.2) is 206 Å². The maximum atomic E-state index is 5.88. The molecule has 12 aromatic rings. The second-order valence-corrected chi connectivity index (χ2v) is 19.7. The molecule has 0 aliphatic rings. The molecule has 0 amide bonds. The number of thiophene rings is 1. The largest absolute Gasteiger partial charge is 0.294 e. The van der Waals surface area contributed by atoms with E-state index in [1.54, 1.807) is 0 Å². The molecule has 0 atom stereocenters. The van der Waals surface area contributed by atoms with Gasteiger partial charge in [-0.15, -0.1) is 11.3 Å². The molecule has 6 heteroatoms. The van der Waals surface area contributed by atoms with Crippen molar-refractivity contribution >= 4 is 104 Å². The Bertz CT molecular complexity index is 3250. The molecule has 8 aromatic carbocycles. The highest BCUT2D eigenvalue weighted by Crippen LogP contribution is 2.36. The second kappa shape index (κ2) is 13.0. The van der Waals surface area contributed by atoms with Crippen molar-refractivity contribution in [1.82, 2.24) is 19.1 Å². The van der Waals surface area contributed by atoms with E-state index in [0.717, 1.165) is 39.2 Å². The average Bonchev–Trinajstić information content (AvgIpc) is 3.95. The first-order valence-corrected chi connectivity index (χ1v) is 22.5. The summed E-state index contributed by atoms with van der Waals surface area (Å²) in [6.07, 6.45) is 0. The van der Waals surface area contributed by atoms with Crippen LogP contribution in [0.1, 0.15) is 0 Å². The zero-order valence-electron chi connectivity index (χ0n) is 31.3. The summed E-state index contributed by atoms with van der Waals surface area (Å²) < 4.78 is 7.26. The van der Waals surface area contributed by atoms with Crippen molar-refractivity contribution in [3.05, 3.63) is 206 Å². The maximum Gasteiger partial charge on any atom is 0.226 e. The van der Waals surface area contributed by atoms with Crippen molar-refractivity contribution < 1.29 is 0 Å². The van der Waals surface area contributed by atoms with Crippen LogP contribution in [0.4, 0.5) is 0 Å². The molecule has 0 aliphatic heterocycles. The number of benzene rings is 8. The molecule has 4 heterocycles. The van der Waals surface area contributed by atoms with Crippen molar-refractivity contribution in [2.75, 3.05) is 0 Å². The Hall–Kier alpha value is -7.12. The summed E-state index contributed by atoms with van der Waals surface area (Å²) in [5, 5.41) is 11.0. The Morgan fingerprint density at radius 3 is 1.21 bits per heavy atom. The molecule has 0 aliphatic carbocycles. The summed E-state index contributed by atoms with van der Waals surface area (Å²) in [4.78, 5) is 11.8. The van der Waals surface area contributed by atoms with Gasteiger partial charge in [0.1, 0.15) is 17.1 Å². The lowest BCUT2D eigenvalue weighted by atomic mass is 10.1. The lowest BCUT2D eigenvalue weighted by Gasteiger charge is -2.33. The molecule has 0 spiro atoms. The zero-order chi connectivity index (χ0) is 38.2. The number of para-hydroxylation sites is 4. The van der Waals surface area contributed by atoms with Gasteiger partial charge in [-0.3, -0.25) is 9.13 Å². The van der Waals surface area contributed by atoms with Crippen LogP contribution in [-0.2, 0) is 0 Å². The molecular formula is C52H34N4SSi. The summed E-state index contributed by atoms with van der Waals surface area (Å²) in [5.74, 6) is 1.68. The highest BCUT2D eigenvalue weighted by Gasteiger charge is 2.45. The number of hydrogen-bond donors (Lipinski definition) is 0. The molecular weight excluding hydrogens is 741 g/mol. The predicted octanol–water partition coefficient (Wildman–Crippen LogP) is 10.4. The number of nitrogens with zero attached hydrogens (tertiary/aromatic N) is 4. The molecule has 0 unspecified atom stereocenters. The fourth-order valence-electron chi connectivity index (χ4n) is 9.38. The summed E-state index contributed by atoms with van der Waals surface area (Å²) in [6.45, 7) is 0. The monoisotopic (exact) mass is 774 g/mol. The summed E-state index contributed by atoms with van der Waals surface area (Å²) in [6, 6.07) is 75.0. The Morgan fingerprint density at radius 1 is 0.328 bits per heavy atom. The van der Waals surface area contributed by atoms with Gasteiger partial charge in [0.25, 0.3) is 0 Å². The van der Waals surface area contributed by atoms with Gasteiger partial charge in [0.05, 0.1) is 22.1 Å². The average molecular weight is 775 g/mol. The van der Waals surface area contributed by atoms with Crippen LogP contribution < -0.4 is 21.0 Å². The minimum atomic E-state index is -3.28. The number of aromatic nitrogens is 4. The third-order valence-corrected chi connectivity index (χ3v) is 17.5. The van der Waals surface area contributed by atoms with Gasteiger partial charge in [0.15, 0.2) is 0 Å². The fourth-order valence-corrected chi connectivity index (χ4v) is 14.9. The van der Waals surface area contributed by atoms with Crippen LogP contribution in [-0.4, -0.2) is 27.2 Å². The Balaban J connectivity index is 1.28. The van der Waals surface area contributed by atoms with Crippen molar-refractivity contribution in [2.24, 2.45) is 0 Å². The maximum absolute atomic E-state index is 5.88. The van der Waals surface area contributed by atoms with Crippen LogP contribution in [0.3, 0.4) is 0 Å². The van der Waals surface area contributed by atoms with Gasteiger partial charge in [-0.1, -0.05) is 164 Å². The van der Waals surface area contributed by atoms with E-state index in [1.165, 1.54) is 57.3 Å². The molecule has 0 bridgehead atoms. The Kier molecular flexibility index (Phi) is 7.39. The predicted molar refractivity (Wildman–Crippen MR) is 247 cm³/mol. The lowest BCUT2D eigenvalue weighted by molar-refractivity contribution is 1.01. The van der Waals surface area contributed by atoms with Crippen LogP contribution in [0.5, 0.6) is 0 Å². The van der Waals surface area contributed by atoms with Crippen LogP contribution >= 0.6 is 11.3 Å². The zero-order valence-corrected chi connectivity index (χ0v) is 33.1. The molecule has 272 valence electrons. The van der Waals surface area contributed by atoms with E-state index >= 15 is 0 Å². The van der Waals surface area contributed by atoms with Crippen molar-refractivity contribution in [3.8, 4) is 11.6 Å². The molecule has 0 fully saturated rings. The van der Waals surface area contributed by atoms with E-state index < -0.39 is 8.07 Å². The number of rotatable bonds is 6. The minimum absolute atomic E-state index is 0.833. The molecule has 0 saturated carbocycles. The molecule has 58 heavy (non-hydrogen) atoms. The van der Waals surface area contributed by atoms with E-state index in [0.29, 0.717) is 0 Å². The smallest absolute Gasteiger partial charge is 0.226 e. The molecule has 0 N–H and O–H groups in total. The van der Waals surface area contributed by atoms with E-state index in [-0.39, 0.29) is 0 Å². The summed E-state index contributed by atoms with van der Waals surface area (Å²) in [5.41, 5.74) is 5.28. The second-order valence-electron chi connectivity index (χ2n) is 14.9. The molecule has 0 radical (unpaired) electrons. The highest BCUT2D eigenvalue weighted by molar-refractivity contribution is 7.26. The number of fused-ring (bicyclic) bond motifs is 9. The topological polar surface area (TPSA) is 35.6 Å². The van der Waals surface area contributed by atoms with Gasteiger partial charge >= 0.3 is 0 Å². The first-order valence-electron chi connectivity index (χ1n) is 19.7. The van der Waals surface area contributed by atoms with Crippen molar-refractivity contribution in [3.63, 3.8) is 0 Å². The third kappa shape index (κ3) is 4.79. The van der Waals surface area contributed by atoms with Gasteiger partial charge in [0, 0.05) is 47.8 Å². The SMILES string of the molecule is c1ccc([Si](c2ccccc2)(c2ccc3sc4ccccc4c3c2)c2nc(-n3c4ccccc4c4ccccc43)cc(-n3c4ccccc4c4ccccc43)n2)cc1. The third-order valence-electron chi connectivity index (χ3n) is 11.9. The van der Waals surface area contributed by atoms with Gasteiger partial charge in [-0.05, 0) is 52.0 Å². The van der Waals surface area contributed by atoms with Crippen LogP contribution in [0.25, 0.3) is 75.4 Å². The van der Waals surface area contributed by atoms with Crippen LogP contribution in [0, 0.1) is 0 Å². The fraction of sp³-hybridized carbons (Fsp3) is 0. The summed E-state index contributed by atoms with van der Waals surface area (Å²) >= 11 is 1.85. The van der Waals surface area contributed by atoms with Gasteiger partial charge in [-0.25, -0.2) is 9.97 Å². The Labute approximate surface area is 339 Å². The molecule has 4 nitrogen and oxygen atoms in total. The van der Waals surface area contributed by atoms with Crippen molar-refractivity contribution in [1.29, 1.82) is 0 Å². The summed E-state index contributed by atoms with van der Waals surface area (Å²) in [7, 11) is -3.28. The lowest BCUT2D eigenvalue weighted by Crippen LogP contribution is -2.76. The standard InChI is InChI=1S/C52H34N4SSi/c1-3-17-35(18-4-1)58(36-19-5-2-6-20-36,37-31-32-49-43(33-37)42-25-11-16-30-48(42)57-49)52-53-50(55-44-26-12-7-21-38(44)39-22-8-13-27-45(39)55)34-51(54-52)56-46-28-14-9-23-40(46)41-24-10-15-29-47(41)56/h1-34H. The molecule has 0 saturated heterocycles.